The number of carbonyl (C=O) groups excluding carboxylic acids is 2. The summed E-state index contributed by atoms with van der Waals surface area (Å²) in [7, 11) is 0. The van der Waals surface area contributed by atoms with Crippen LogP contribution in [0.5, 0.6) is 5.88 Å². The topological polar surface area (TPSA) is 115 Å². The van der Waals surface area contributed by atoms with Gasteiger partial charge in [-0.3, -0.25) is 4.79 Å². The van der Waals surface area contributed by atoms with Crippen molar-refractivity contribution in [3.05, 3.63) is 47.5 Å². The fourth-order valence-corrected chi connectivity index (χ4v) is 5.48. The number of benzene rings is 1. The maximum Gasteiger partial charge on any atom is 0.414 e. The lowest BCUT2D eigenvalue weighted by Crippen LogP contribution is -2.46. The van der Waals surface area contributed by atoms with Crippen molar-refractivity contribution in [3.8, 4) is 16.3 Å². The van der Waals surface area contributed by atoms with E-state index >= 15 is 0 Å². The van der Waals surface area contributed by atoms with Gasteiger partial charge >= 0.3 is 6.09 Å². The highest BCUT2D eigenvalue weighted by molar-refractivity contribution is 7.19. The van der Waals surface area contributed by atoms with Crippen LogP contribution >= 0.6 is 11.3 Å². The molecule has 2 fully saturated rings. The second-order valence-corrected chi connectivity index (χ2v) is 9.67. The molecule has 1 saturated heterocycles. The summed E-state index contributed by atoms with van der Waals surface area (Å²) in [6, 6.07) is 7.55. The minimum atomic E-state index is -0.593. The van der Waals surface area contributed by atoms with E-state index < -0.39 is 11.9 Å². The van der Waals surface area contributed by atoms with Gasteiger partial charge < -0.3 is 20.7 Å². The minimum absolute atomic E-state index is 0.175. The number of ether oxygens (including phenoxy) is 1. The van der Waals surface area contributed by atoms with Crippen LogP contribution in [-0.2, 0) is 6.54 Å². The normalized spacial score (nSPS) is 20.8. The number of fused-ring (bicyclic) bond motifs is 1. The van der Waals surface area contributed by atoms with Gasteiger partial charge in [0.2, 0.25) is 5.88 Å². The van der Waals surface area contributed by atoms with E-state index in [1.807, 2.05) is 13.8 Å². The molecule has 9 nitrogen and oxygen atoms in total. The van der Waals surface area contributed by atoms with Crippen LogP contribution in [0, 0.1) is 24.6 Å². The monoisotopic (exact) mass is 484 g/mol. The van der Waals surface area contributed by atoms with Crippen LogP contribution < -0.4 is 15.8 Å². The lowest BCUT2D eigenvalue weighted by Gasteiger charge is -2.27. The summed E-state index contributed by atoms with van der Waals surface area (Å²) in [6.07, 6.45) is 0.424. The van der Waals surface area contributed by atoms with Gasteiger partial charge in [-0.25, -0.2) is 18.9 Å². The molecule has 178 valence electrons. The molecule has 2 amide bonds. The van der Waals surface area contributed by atoms with Gasteiger partial charge in [0.05, 0.1) is 16.6 Å². The van der Waals surface area contributed by atoms with E-state index in [1.165, 1.54) is 12.1 Å². The van der Waals surface area contributed by atoms with Crippen molar-refractivity contribution in [2.45, 2.75) is 32.9 Å². The highest BCUT2D eigenvalue weighted by Gasteiger charge is 2.54. The molecule has 0 spiro atoms. The Morgan fingerprint density at radius 3 is 2.94 bits per heavy atom. The molecule has 5 rings (SSSR count). The predicted molar refractivity (Wildman–Crippen MR) is 125 cm³/mol. The lowest BCUT2D eigenvalue weighted by atomic mass is 10.1. The molecule has 3 aromatic rings. The number of nitrogens with zero attached hydrogens (tertiary/aromatic N) is 4. The van der Waals surface area contributed by atoms with Crippen molar-refractivity contribution < 1.29 is 18.7 Å². The molecular weight excluding hydrogens is 459 g/mol. The van der Waals surface area contributed by atoms with Crippen LogP contribution in [0.1, 0.15) is 29.5 Å². The van der Waals surface area contributed by atoms with E-state index in [9.17, 15) is 14.0 Å². The van der Waals surface area contributed by atoms with Gasteiger partial charge in [-0.15, -0.1) is 0 Å². The van der Waals surface area contributed by atoms with Crippen molar-refractivity contribution in [2.24, 2.45) is 11.8 Å². The minimum Gasteiger partial charge on any atom is -0.392 e. The van der Waals surface area contributed by atoms with Gasteiger partial charge in [0.15, 0.2) is 5.13 Å². The molecule has 1 saturated carbocycles. The largest absolute Gasteiger partial charge is 0.414 e. The van der Waals surface area contributed by atoms with Crippen LogP contribution in [0.3, 0.4) is 0 Å². The number of thiazole rings is 1. The number of halogens is 1. The van der Waals surface area contributed by atoms with Crippen LogP contribution in [0.4, 0.5) is 14.3 Å². The number of likely N-dealkylation sites (tertiary alicyclic amines) is 1. The summed E-state index contributed by atoms with van der Waals surface area (Å²) in [4.78, 5) is 32.5. The first-order valence-electron chi connectivity index (χ1n) is 11.2. The van der Waals surface area contributed by atoms with E-state index in [4.69, 9.17) is 10.5 Å². The number of aromatic nitrogens is 3. The average molecular weight is 485 g/mol. The Bertz CT molecular complexity index is 1260. The van der Waals surface area contributed by atoms with Crippen LogP contribution in [0.15, 0.2) is 30.3 Å². The third-order valence-corrected chi connectivity index (χ3v) is 7.25. The molecule has 2 aromatic heterocycles. The van der Waals surface area contributed by atoms with Crippen molar-refractivity contribution in [2.75, 3.05) is 18.8 Å². The van der Waals surface area contributed by atoms with E-state index in [0.717, 1.165) is 23.5 Å². The number of hydrogen-bond donors (Lipinski definition) is 2. The van der Waals surface area contributed by atoms with Crippen LogP contribution in [-0.4, -0.2) is 50.8 Å². The predicted octanol–water partition coefficient (Wildman–Crippen LogP) is 3.31. The number of anilines is 1. The Kier molecular flexibility index (Phi) is 5.72. The highest BCUT2D eigenvalue weighted by Crippen LogP contribution is 2.50. The fourth-order valence-electron chi connectivity index (χ4n) is 4.66. The first kappa shape index (κ1) is 22.3. The Hall–Kier alpha value is -3.47. The second kappa shape index (κ2) is 8.71. The van der Waals surface area contributed by atoms with Crippen LogP contribution in [0.2, 0.25) is 0 Å². The number of piperidine rings is 1. The van der Waals surface area contributed by atoms with Gasteiger partial charge in [0.25, 0.3) is 5.91 Å². The van der Waals surface area contributed by atoms with Gasteiger partial charge in [0.1, 0.15) is 11.5 Å². The molecule has 0 bridgehead atoms. The Morgan fingerprint density at radius 1 is 1.35 bits per heavy atom. The first-order chi connectivity index (χ1) is 16.3. The molecule has 1 aliphatic carbocycles. The number of rotatable bonds is 6. The summed E-state index contributed by atoms with van der Waals surface area (Å²) < 4.78 is 20.8. The van der Waals surface area contributed by atoms with Crippen molar-refractivity contribution in [1.82, 2.24) is 25.0 Å². The highest BCUT2D eigenvalue weighted by atomic mass is 32.1. The quantitative estimate of drug-likeness (QED) is 0.555. The van der Waals surface area contributed by atoms with Crippen LogP contribution in [0.25, 0.3) is 10.4 Å². The smallest absolute Gasteiger partial charge is 0.392 e. The summed E-state index contributed by atoms with van der Waals surface area (Å²) >= 11 is 1.16. The van der Waals surface area contributed by atoms with Crippen molar-refractivity contribution in [1.29, 1.82) is 0 Å². The fraction of sp³-hybridized carbons (Fsp3) is 0.391. The third-order valence-electron chi connectivity index (χ3n) is 6.31. The number of nitrogen functional groups attached to an aromatic ring is 1. The molecule has 0 unspecified atom stereocenters. The Morgan fingerprint density at radius 2 is 2.18 bits per heavy atom. The molecule has 3 N–H and O–H groups in total. The van der Waals surface area contributed by atoms with E-state index in [2.05, 4.69) is 15.4 Å². The van der Waals surface area contributed by atoms with E-state index in [0.29, 0.717) is 41.2 Å². The molecule has 0 radical (unpaired) electrons. The number of amides is 2. The average Bonchev–Trinajstić information content (AvgIpc) is 3.12. The van der Waals surface area contributed by atoms with Gasteiger partial charge in [-0.05, 0) is 49.8 Å². The summed E-state index contributed by atoms with van der Waals surface area (Å²) in [6.45, 7) is 5.17. The van der Waals surface area contributed by atoms with Gasteiger partial charge in [-0.2, -0.15) is 5.10 Å². The molecular formula is C23H25FN6O3S. The molecule has 3 atom stereocenters. The standard InChI is InChI=1S/C23H25FN6O3S/c1-3-30-18(7-12(2)28-30)33-23(32)26-10-17-16-9-14(16)11-29(17)21(31)19-20(34-22(25)27-19)13-5-4-6-15(24)8-13/h4-8,14,16-17H,3,9-11H2,1-2H3,(H2,25,27)(H,26,32)/t14-,16-,17+/m0/s1. The molecule has 34 heavy (non-hydrogen) atoms. The van der Waals surface area contributed by atoms with E-state index in [1.54, 1.807) is 27.8 Å². The maximum absolute atomic E-state index is 13.8. The lowest BCUT2D eigenvalue weighted by molar-refractivity contribution is 0.0700. The molecule has 3 heterocycles. The number of nitrogens with one attached hydrogen (secondary N) is 1. The van der Waals surface area contributed by atoms with Gasteiger partial charge in [-0.1, -0.05) is 23.5 Å². The Balaban J connectivity index is 1.30. The summed E-state index contributed by atoms with van der Waals surface area (Å²) in [5.41, 5.74) is 7.45. The summed E-state index contributed by atoms with van der Waals surface area (Å²) in [5, 5.41) is 7.31. The third kappa shape index (κ3) is 4.23. The zero-order valence-corrected chi connectivity index (χ0v) is 19.6. The van der Waals surface area contributed by atoms with E-state index in [-0.39, 0.29) is 29.3 Å². The first-order valence-corrected chi connectivity index (χ1v) is 12.0. The van der Waals surface area contributed by atoms with Crippen molar-refractivity contribution in [3.63, 3.8) is 0 Å². The molecule has 2 aliphatic rings. The zero-order chi connectivity index (χ0) is 24.0. The maximum atomic E-state index is 13.8. The number of hydrogen-bond acceptors (Lipinski definition) is 7. The SMILES string of the molecule is CCn1nc(C)cc1OC(=O)NC[C@@H]1[C@H]2C[C@H]2CN1C(=O)c1nc(N)sc1-c1cccc(F)c1. The summed E-state index contributed by atoms with van der Waals surface area (Å²) in [5.74, 6) is 0.439. The zero-order valence-electron chi connectivity index (χ0n) is 18.8. The molecule has 1 aromatic carbocycles. The molecule has 11 heteroatoms. The molecule has 1 aliphatic heterocycles. The van der Waals surface area contributed by atoms with Crippen molar-refractivity contribution >= 4 is 28.5 Å². The van der Waals surface area contributed by atoms with Gasteiger partial charge in [0, 0.05) is 25.7 Å². The number of aryl methyl sites for hydroxylation is 2. The Labute approximate surface area is 199 Å². The number of carbonyl (C=O) groups is 2. The number of nitrogens with two attached hydrogens (primary N) is 1. The second-order valence-electron chi connectivity index (χ2n) is 8.63.